The van der Waals surface area contributed by atoms with Gasteiger partial charge in [0.25, 0.3) is 0 Å². The number of carbonyl (C=O) groups is 1. The van der Waals surface area contributed by atoms with E-state index in [1.807, 2.05) is 41.2 Å². The molecule has 1 N–H and O–H groups in total. The van der Waals surface area contributed by atoms with Crippen LogP contribution in [0.3, 0.4) is 0 Å². The minimum atomic E-state index is -0.882. The van der Waals surface area contributed by atoms with E-state index in [0.717, 1.165) is 17.7 Å². The van der Waals surface area contributed by atoms with Crippen LogP contribution in [0.4, 0.5) is 0 Å². The summed E-state index contributed by atoms with van der Waals surface area (Å²) < 4.78 is 1.92. The number of rotatable bonds is 4. The number of aromatic carboxylic acids is 1. The summed E-state index contributed by atoms with van der Waals surface area (Å²) >= 11 is 0. The van der Waals surface area contributed by atoms with Gasteiger partial charge in [-0.15, -0.1) is 0 Å². The molecular formula is C20H17NO2. The monoisotopic (exact) mass is 303 g/mol. The summed E-state index contributed by atoms with van der Waals surface area (Å²) in [4.78, 5) is 11.7. The Morgan fingerprint density at radius 3 is 2.35 bits per heavy atom. The molecule has 2 atom stereocenters. The number of nitrogens with zero attached hydrogens (tertiary/aromatic N) is 1. The smallest absolute Gasteiger partial charge is 0.337 e. The Morgan fingerprint density at radius 1 is 0.913 bits per heavy atom. The second kappa shape index (κ2) is 5.43. The molecule has 114 valence electrons. The van der Waals surface area contributed by atoms with Crippen LogP contribution in [0, 0.1) is 0 Å². The molecule has 1 aliphatic rings. The van der Waals surface area contributed by atoms with Crippen molar-refractivity contribution in [1.82, 2.24) is 4.57 Å². The molecule has 3 nitrogen and oxygen atoms in total. The number of hydrogen-bond donors (Lipinski definition) is 1. The average molecular weight is 303 g/mol. The quantitative estimate of drug-likeness (QED) is 0.774. The fraction of sp³-hybridized carbons (Fsp3) is 0.150. The van der Waals surface area contributed by atoms with Crippen molar-refractivity contribution in [2.75, 3.05) is 0 Å². The van der Waals surface area contributed by atoms with Crippen LogP contribution in [0.2, 0.25) is 0 Å². The lowest BCUT2D eigenvalue weighted by Crippen LogP contribution is -2.07. The van der Waals surface area contributed by atoms with Gasteiger partial charge in [-0.05, 0) is 47.6 Å². The molecule has 2 unspecified atom stereocenters. The molecule has 3 aromatic rings. The first-order valence-electron chi connectivity index (χ1n) is 7.80. The van der Waals surface area contributed by atoms with Gasteiger partial charge in [-0.1, -0.05) is 42.5 Å². The summed E-state index contributed by atoms with van der Waals surface area (Å²) in [5.74, 6) is -0.0175. The van der Waals surface area contributed by atoms with Crippen LogP contribution in [-0.2, 0) is 0 Å². The molecular weight excluding hydrogens is 286 g/mol. The largest absolute Gasteiger partial charge is 0.478 e. The number of aromatic nitrogens is 1. The van der Waals surface area contributed by atoms with Crippen LogP contribution in [0.5, 0.6) is 0 Å². The molecule has 0 bridgehead atoms. The second-order valence-electron chi connectivity index (χ2n) is 6.00. The van der Waals surface area contributed by atoms with Crippen molar-refractivity contribution in [2.24, 2.45) is 0 Å². The summed E-state index contributed by atoms with van der Waals surface area (Å²) in [6.07, 6.45) is 4.89. The zero-order valence-electron chi connectivity index (χ0n) is 12.6. The van der Waals surface area contributed by atoms with Gasteiger partial charge in [-0.2, -0.15) is 0 Å². The lowest BCUT2D eigenvalue weighted by Gasteiger charge is -2.14. The third-order valence-corrected chi connectivity index (χ3v) is 4.58. The highest BCUT2D eigenvalue weighted by atomic mass is 16.4. The first kappa shape index (κ1) is 13.8. The Morgan fingerprint density at radius 2 is 1.65 bits per heavy atom. The topological polar surface area (TPSA) is 42.2 Å². The van der Waals surface area contributed by atoms with Gasteiger partial charge in [0.05, 0.1) is 11.3 Å². The van der Waals surface area contributed by atoms with E-state index in [2.05, 4.69) is 30.3 Å². The first-order chi connectivity index (χ1) is 11.3. The Bertz CT molecular complexity index is 837. The van der Waals surface area contributed by atoms with Crippen molar-refractivity contribution < 1.29 is 9.90 Å². The predicted octanol–water partition coefficient (Wildman–Crippen LogP) is 4.45. The van der Waals surface area contributed by atoms with Gasteiger partial charge in [-0.3, -0.25) is 0 Å². The van der Waals surface area contributed by atoms with Crippen molar-refractivity contribution in [3.63, 3.8) is 0 Å². The molecule has 1 aromatic heterocycles. The predicted molar refractivity (Wildman–Crippen MR) is 89.3 cm³/mol. The molecule has 4 rings (SSSR count). The average Bonchev–Trinajstić information content (AvgIpc) is 3.20. The molecule has 3 heteroatoms. The molecule has 0 spiro atoms. The minimum Gasteiger partial charge on any atom is -0.478 e. The van der Waals surface area contributed by atoms with Crippen LogP contribution in [0.25, 0.3) is 5.69 Å². The normalized spacial score (nSPS) is 19.5. The van der Waals surface area contributed by atoms with Crippen molar-refractivity contribution in [2.45, 2.75) is 18.3 Å². The van der Waals surface area contributed by atoms with Crippen LogP contribution >= 0.6 is 0 Å². The summed E-state index contributed by atoms with van der Waals surface area (Å²) in [5.41, 5.74) is 3.61. The summed E-state index contributed by atoms with van der Waals surface area (Å²) in [6, 6.07) is 19.9. The zero-order valence-corrected chi connectivity index (χ0v) is 12.6. The van der Waals surface area contributed by atoms with Gasteiger partial charge in [0.15, 0.2) is 0 Å². The van der Waals surface area contributed by atoms with E-state index < -0.39 is 5.97 Å². The third-order valence-electron chi connectivity index (χ3n) is 4.58. The van der Waals surface area contributed by atoms with Crippen molar-refractivity contribution in [3.05, 3.63) is 89.7 Å². The third kappa shape index (κ3) is 2.44. The highest BCUT2D eigenvalue weighted by Gasteiger charge is 2.41. The first-order valence-corrected chi connectivity index (χ1v) is 7.80. The number of hydrogen-bond acceptors (Lipinski definition) is 1. The number of carboxylic acid groups (broad SMARTS) is 1. The van der Waals surface area contributed by atoms with E-state index >= 15 is 0 Å². The molecule has 23 heavy (non-hydrogen) atoms. The summed E-state index contributed by atoms with van der Waals surface area (Å²) in [5, 5.41) is 9.56. The van der Waals surface area contributed by atoms with Crippen LogP contribution < -0.4 is 0 Å². The second-order valence-corrected chi connectivity index (χ2v) is 6.00. The van der Waals surface area contributed by atoms with E-state index in [1.165, 1.54) is 5.56 Å². The standard InChI is InChI=1S/C20H17NO2/c22-20(23)16-10-6-9-15(19(16)21-11-4-5-12-21)18-13-17(18)14-7-2-1-3-8-14/h1-12,17-18H,13H2,(H,22,23). The lowest BCUT2D eigenvalue weighted by molar-refractivity contribution is 0.0697. The van der Waals surface area contributed by atoms with Gasteiger partial charge in [-0.25, -0.2) is 4.79 Å². The maximum absolute atomic E-state index is 11.7. The van der Waals surface area contributed by atoms with Crippen LogP contribution in [0.15, 0.2) is 73.1 Å². The van der Waals surface area contributed by atoms with Crippen molar-refractivity contribution in [3.8, 4) is 5.69 Å². The Labute approximate surface area is 134 Å². The van der Waals surface area contributed by atoms with Crippen molar-refractivity contribution >= 4 is 5.97 Å². The Hall–Kier alpha value is -2.81. The summed E-state index contributed by atoms with van der Waals surface area (Å²) in [7, 11) is 0. The zero-order chi connectivity index (χ0) is 15.8. The lowest BCUT2D eigenvalue weighted by atomic mass is 9.99. The molecule has 1 heterocycles. The SMILES string of the molecule is O=C(O)c1cccc(C2CC2c2ccccc2)c1-n1cccc1. The number of benzene rings is 2. The number of para-hydroxylation sites is 1. The van der Waals surface area contributed by atoms with E-state index in [-0.39, 0.29) is 0 Å². The fourth-order valence-corrected chi connectivity index (χ4v) is 3.41. The minimum absolute atomic E-state index is 0.359. The maximum Gasteiger partial charge on any atom is 0.337 e. The van der Waals surface area contributed by atoms with E-state index in [4.69, 9.17) is 0 Å². The summed E-state index contributed by atoms with van der Waals surface area (Å²) in [6.45, 7) is 0. The Kier molecular flexibility index (Phi) is 3.27. The molecule has 0 saturated heterocycles. The van der Waals surface area contributed by atoms with Crippen LogP contribution in [-0.4, -0.2) is 15.6 Å². The molecule has 0 radical (unpaired) electrons. The van der Waals surface area contributed by atoms with Crippen molar-refractivity contribution in [1.29, 1.82) is 0 Å². The van der Waals surface area contributed by atoms with Gasteiger partial charge < -0.3 is 9.67 Å². The number of carboxylic acids is 1. The van der Waals surface area contributed by atoms with E-state index in [0.29, 0.717) is 17.4 Å². The van der Waals surface area contributed by atoms with E-state index in [1.54, 1.807) is 6.07 Å². The van der Waals surface area contributed by atoms with Gasteiger partial charge >= 0.3 is 5.97 Å². The highest BCUT2D eigenvalue weighted by molar-refractivity contribution is 5.93. The molecule has 1 fully saturated rings. The van der Waals surface area contributed by atoms with Crippen LogP contribution in [0.1, 0.15) is 39.7 Å². The fourth-order valence-electron chi connectivity index (χ4n) is 3.41. The molecule has 2 aromatic carbocycles. The highest BCUT2D eigenvalue weighted by Crippen LogP contribution is 2.56. The van der Waals surface area contributed by atoms with Gasteiger partial charge in [0, 0.05) is 12.4 Å². The maximum atomic E-state index is 11.7. The Balaban J connectivity index is 1.78. The molecule has 1 aliphatic carbocycles. The molecule has 0 amide bonds. The van der Waals surface area contributed by atoms with Gasteiger partial charge in [0.2, 0.25) is 0 Å². The molecule has 1 saturated carbocycles. The van der Waals surface area contributed by atoms with E-state index in [9.17, 15) is 9.90 Å². The molecule has 0 aliphatic heterocycles. The van der Waals surface area contributed by atoms with Gasteiger partial charge in [0.1, 0.15) is 0 Å².